The highest BCUT2D eigenvalue weighted by molar-refractivity contribution is 7.89. The maximum Gasteiger partial charge on any atom is 0.243 e. The van der Waals surface area contributed by atoms with E-state index in [4.69, 9.17) is 4.74 Å². The lowest BCUT2D eigenvalue weighted by molar-refractivity contribution is 0.0956. The Hall–Kier alpha value is -1.92. The Morgan fingerprint density at radius 2 is 1.59 bits per heavy atom. The molecule has 2 aliphatic rings. The number of hydrogen-bond acceptors (Lipinski definition) is 4. The number of ether oxygens (including phenoxy) is 1. The molecule has 2 atom stereocenters. The maximum absolute atomic E-state index is 13.3. The van der Waals surface area contributed by atoms with Gasteiger partial charge >= 0.3 is 0 Å². The van der Waals surface area contributed by atoms with Crippen LogP contribution in [0.5, 0.6) is 5.75 Å². The molecule has 144 valence electrons. The second-order valence-corrected chi connectivity index (χ2v) is 9.68. The number of piperidine rings is 1. The van der Waals surface area contributed by atoms with Crippen LogP contribution in [-0.4, -0.2) is 35.9 Å². The van der Waals surface area contributed by atoms with Crippen molar-refractivity contribution >= 4 is 10.0 Å². The highest BCUT2D eigenvalue weighted by Gasteiger charge is 2.47. The fourth-order valence-electron chi connectivity index (χ4n) is 4.33. The van der Waals surface area contributed by atoms with Gasteiger partial charge in [0.1, 0.15) is 11.9 Å². The summed E-state index contributed by atoms with van der Waals surface area (Å²) in [5.74, 6) is 1.19. The van der Waals surface area contributed by atoms with Crippen LogP contribution in [0.2, 0.25) is 0 Å². The van der Waals surface area contributed by atoms with Gasteiger partial charge in [-0.1, -0.05) is 26.0 Å². The summed E-state index contributed by atoms with van der Waals surface area (Å²) >= 11 is 0. The van der Waals surface area contributed by atoms with E-state index < -0.39 is 10.0 Å². The molecular weight excluding hydrogens is 360 g/mol. The number of rotatable bonds is 5. The molecule has 0 N–H and O–H groups in total. The normalized spacial score (nSPS) is 25.7. The van der Waals surface area contributed by atoms with Crippen LogP contribution < -0.4 is 4.74 Å². The lowest BCUT2D eigenvalue weighted by Crippen LogP contribution is -2.49. The second-order valence-electron chi connectivity index (χ2n) is 7.84. The molecule has 1 aromatic carbocycles. The van der Waals surface area contributed by atoms with Crippen LogP contribution in [0, 0.1) is 0 Å². The second kappa shape index (κ2) is 7.24. The fourth-order valence-corrected chi connectivity index (χ4v) is 6.22. The summed E-state index contributed by atoms with van der Waals surface area (Å²) in [7, 11) is -3.47. The van der Waals surface area contributed by atoms with Crippen molar-refractivity contribution in [2.75, 3.05) is 0 Å². The Bertz CT molecular complexity index is 867. The molecule has 0 saturated carbocycles. The smallest absolute Gasteiger partial charge is 0.243 e. The first-order valence-corrected chi connectivity index (χ1v) is 11.1. The van der Waals surface area contributed by atoms with Gasteiger partial charge in [-0.3, -0.25) is 4.98 Å². The zero-order valence-electron chi connectivity index (χ0n) is 15.8. The molecule has 0 aliphatic carbocycles. The quantitative estimate of drug-likeness (QED) is 0.780. The van der Waals surface area contributed by atoms with E-state index in [1.165, 1.54) is 0 Å². The first-order chi connectivity index (χ1) is 12.9. The van der Waals surface area contributed by atoms with Crippen LogP contribution in [0.4, 0.5) is 0 Å². The summed E-state index contributed by atoms with van der Waals surface area (Å²) in [5, 5.41) is 0. The van der Waals surface area contributed by atoms with Crippen LogP contribution in [0.1, 0.15) is 51.0 Å². The molecule has 3 heterocycles. The maximum atomic E-state index is 13.3. The van der Waals surface area contributed by atoms with Gasteiger partial charge < -0.3 is 4.74 Å². The summed E-state index contributed by atoms with van der Waals surface area (Å²) in [6.45, 7) is 4.22. The third-order valence-electron chi connectivity index (χ3n) is 5.70. The minimum atomic E-state index is -3.47. The molecule has 27 heavy (non-hydrogen) atoms. The number of aromatic nitrogens is 1. The topological polar surface area (TPSA) is 59.5 Å². The first kappa shape index (κ1) is 18.4. The van der Waals surface area contributed by atoms with Crippen LogP contribution in [0.25, 0.3) is 0 Å². The zero-order valence-corrected chi connectivity index (χ0v) is 16.6. The van der Waals surface area contributed by atoms with E-state index in [2.05, 4.69) is 18.8 Å². The fraction of sp³-hybridized carbons (Fsp3) is 0.476. The van der Waals surface area contributed by atoms with Gasteiger partial charge in [0.25, 0.3) is 0 Å². The SMILES string of the molecule is CC(C)c1ccc(S(=O)(=O)N2C3CCC2CC(Oc2ccncc2)C3)cc1. The van der Waals surface area contributed by atoms with Gasteiger partial charge in [-0.05, 0) is 48.6 Å². The van der Waals surface area contributed by atoms with E-state index in [1.807, 2.05) is 24.3 Å². The van der Waals surface area contributed by atoms with Gasteiger partial charge in [0.2, 0.25) is 10.0 Å². The average molecular weight is 387 g/mol. The summed E-state index contributed by atoms with van der Waals surface area (Å²) in [6, 6.07) is 11.1. The van der Waals surface area contributed by atoms with Crippen molar-refractivity contribution < 1.29 is 13.2 Å². The monoisotopic (exact) mass is 386 g/mol. The van der Waals surface area contributed by atoms with Gasteiger partial charge in [-0.2, -0.15) is 4.31 Å². The molecule has 2 unspecified atom stereocenters. The molecule has 2 fully saturated rings. The molecule has 0 spiro atoms. The third kappa shape index (κ3) is 3.60. The van der Waals surface area contributed by atoms with E-state index in [1.54, 1.807) is 28.8 Å². The molecule has 6 heteroatoms. The van der Waals surface area contributed by atoms with Crippen molar-refractivity contribution in [3.8, 4) is 5.75 Å². The average Bonchev–Trinajstić information content (AvgIpc) is 2.95. The van der Waals surface area contributed by atoms with Gasteiger partial charge in [0.05, 0.1) is 4.90 Å². The van der Waals surface area contributed by atoms with Crippen molar-refractivity contribution in [3.63, 3.8) is 0 Å². The molecule has 2 saturated heterocycles. The third-order valence-corrected chi connectivity index (χ3v) is 7.72. The molecule has 2 bridgehead atoms. The molecular formula is C21H26N2O3S. The number of benzene rings is 1. The molecule has 2 aromatic rings. The van der Waals surface area contributed by atoms with Crippen molar-refractivity contribution in [3.05, 3.63) is 54.4 Å². The number of nitrogens with zero attached hydrogens (tertiary/aromatic N) is 2. The van der Waals surface area contributed by atoms with Crippen molar-refractivity contribution in [2.45, 2.75) is 68.5 Å². The van der Waals surface area contributed by atoms with E-state index >= 15 is 0 Å². The largest absolute Gasteiger partial charge is 0.490 e. The Labute approximate surface area is 161 Å². The van der Waals surface area contributed by atoms with Gasteiger partial charge in [0.15, 0.2) is 0 Å². The van der Waals surface area contributed by atoms with Gasteiger partial charge in [0, 0.05) is 37.3 Å². The molecule has 1 aromatic heterocycles. The lowest BCUT2D eigenvalue weighted by atomic mass is 10.0. The number of sulfonamides is 1. The molecule has 4 rings (SSSR count). The highest BCUT2D eigenvalue weighted by Crippen LogP contribution is 2.41. The summed E-state index contributed by atoms with van der Waals surface area (Å²) in [5.41, 5.74) is 1.15. The van der Waals surface area contributed by atoms with Crippen LogP contribution in [-0.2, 0) is 10.0 Å². The molecule has 2 aliphatic heterocycles. The molecule has 5 nitrogen and oxygen atoms in total. The standard InChI is InChI=1S/C21H26N2O3S/c1-15(2)16-3-7-21(8-4-16)27(24,25)23-17-5-6-18(23)14-20(13-17)26-19-9-11-22-12-10-19/h3-4,7-12,15,17-18,20H,5-6,13-14H2,1-2H3. The summed E-state index contributed by atoms with van der Waals surface area (Å²) < 4.78 is 34.4. The Kier molecular flexibility index (Phi) is 4.95. The minimum Gasteiger partial charge on any atom is -0.490 e. The highest BCUT2D eigenvalue weighted by atomic mass is 32.2. The Morgan fingerprint density at radius 3 is 2.15 bits per heavy atom. The number of fused-ring (bicyclic) bond motifs is 2. The van der Waals surface area contributed by atoms with E-state index in [9.17, 15) is 8.42 Å². The summed E-state index contributed by atoms with van der Waals surface area (Å²) in [4.78, 5) is 4.41. The van der Waals surface area contributed by atoms with E-state index in [0.717, 1.165) is 37.0 Å². The van der Waals surface area contributed by atoms with E-state index in [-0.39, 0.29) is 18.2 Å². The predicted molar refractivity (Wildman–Crippen MR) is 104 cm³/mol. The van der Waals surface area contributed by atoms with E-state index in [0.29, 0.717) is 10.8 Å². The Balaban J connectivity index is 1.51. The lowest BCUT2D eigenvalue weighted by Gasteiger charge is -2.37. The van der Waals surface area contributed by atoms with Crippen molar-refractivity contribution in [1.29, 1.82) is 0 Å². The first-order valence-electron chi connectivity index (χ1n) is 9.65. The van der Waals surface area contributed by atoms with Gasteiger partial charge in [-0.15, -0.1) is 0 Å². The van der Waals surface area contributed by atoms with Crippen LogP contribution in [0.3, 0.4) is 0 Å². The predicted octanol–water partition coefficient (Wildman–Crippen LogP) is 3.97. The van der Waals surface area contributed by atoms with Crippen molar-refractivity contribution in [1.82, 2.24) is 9.29 Å². The zero-order chi connectivity index (χ0) is 19.0. The number of hydrogen-bond donors (Lipinski definition) is 0. The summed E-state index contributed by atoms with van der Waals surface area (Å²) in [6.07, 6.45) is 6.77. The molecule has 0 radical (unpaired) electrons. The van der Waals surface area contributed by atoms with Gasteiger partial charge in [-0.25, -0.2) is 8.42 Å². The minimum absolute atomic E-state index is 0.0189. The van der Waals surface area contributed by atoms with Crippen LogP contribution >= 0.6 is 0 Å². The number of pyridine rings is 1. The van der Waals surface area contributed by atoms with Crippen LogP contribution in [0.15, 0.2) is 53.7 Å². The molecule has 0 amide bonds. The Morgan fingerprint density at radius 1 is 1.00 bits per heavy atom. The van der Waals surface area contributed by atoms with Crippen molar-refractivity contribution in [2.24, 2.45) is 0 Å².